The van der Waals surface area contributed by atoms with Crippen LogP contribution in [0.4, 0.5) is 0 Å². The lowest BCUT2D eigenvalue weighted by Crippen LogP contribution is -2.39. The van der Waals surface area contributed by atoms with Crippen LogP contribution in [0.5, 0.6) is 0 Å². The van der Waals surface area contributed by atoms with Crippen molar-refractivity contribution in [1.29, 1.82) is 0 Å². The monoisotopic (exact) mass is 239 g/mol. The summed E-state index contributed by atoms with van der Waals surface area (Å²) in [6.07, 6.45) is 1.04. The molecule has 1 heterocycles. The topological polar surface area (TPSA) is 71.5 Å². The smallest absolute Gasteiger partial charge is 0.300 e. The maximum atomic E-state index is 11.2. The molecule has 0 bridgehead atoms. The summed E-state index contributed by atoms with van der Waals surface area (Å²) in [5.74, 6) is 5.62. The van der Waals surface area contributed by atoms with E-state index in [-0.39, 0.29) is 11.3 Å². The van der Waals surface area contributed by atoms with Crippen molar-refractivity contribution in [2.45, 2.75) is 39.3 Å². The molecule has 1 rings (SSSR count). The lowest BCUT2D eigenvalue weighted by Gasteiger charge is -2.34. The molecule has 1 aromatic heterocycles. The number of carbonyl (C=O) groups excluding carboxylic acids is 1. The van der Waals surface area contributed by atoms with Gasteiger partial charge in [0.2, 0.25) is 0 Å². The third kappa shape index (κ3) is 3.31. The molecular formula is C12H21N3O2. The van der Waals surface area contributed by atoms with Crippen LogP contribution in [-0.2, 0) is 6.54 Å². The van der Waals surface area contributed by atoms with Gasteiger partial charge in [-0.15, -0.1) is 0 Å². The SMILES string of the molecule is CCC(C)(C)N(C)Cc1ccc(C(=O)NN)o1. The van der Waals surface area contributed by atoms with E-state index in [1.165, 1.54) is 0 Å². The molecule has 0 fully saturated rings. The van der Waals surface area contributed by atoms with E-state index in [0.717, 1.165) is 12.2 Å². The minimum Gasteiger partial charge on any atom is -0.455 e. The number of nitrogen functional groups attached to an aromatic ring is 1. The second-order valence-corrected chi connectivity index (χ2v) is 4.76. The van der Waals surface area contributed by atoms with Crippen LogP contribution in [0.25, 0.3) is 0 Å². The molecule has 5 nitrogen and oxygen atoms in total. The van der Waals surface area contributed by atoms with Crippen LogP contribution in [0.15, 0.2) is 16.5 Å². The number of carbonyl (C=O) groups is 1. The van der Waals surface area contributed by atoms with Gasteiger partial charge >= 0.3 is 5.91 Å². The lowest BCUT2D eigenvalue weighted by atomic mass is 10.00. The first-order valence-corrected chi connectivity index (χ1v) is 5.71. The Morgan fingerprint density at radius 1 is 1.53 bits per heavy atom. The maximum Gasteiger partial charge on any atom is 0.300 e. The average Bonchev–Trinajstić information content (AvgIpc) is 2.76. The highest BCUT2D eigenvalue weighted by molar-refractivity contribution is 5.90. The molecule has 0 spiro atoms. The Kier molecular flexibility index (Phi) is 4.31. The molecule has 0 saturated carbocycles. The molecule has 0 radical (unpaired) electrons. The number of nitrogens with two attached hydrogens (primary N) is 1. The third-order valence-electron chi connectivity index (χ3n) is 3.31. The van der Waals surface area contributed by atoms with Gasteiger partial charge in [-0.3, -0.25) is 15.1 Å². The Labute approximate surface area is 102 Å². The number of hydrogen-bond donors (Lipinski definition) is 2. The molecule has 0 aliphatic heterocycles. The van der Waals surface area contributed by atoms with E-state index >= 15 is 0 Å². The summed E-state index contributed by atoms with van der Waals surface area (Å²) in [6.45, 7) is 7.15. The number of hydrazine groups is 1. The van der Waals surface area contributed by atoms with Crippen molar-refractivity contribution in [1.82, 2.24) is 10.3 Å². The van der Waals surface area contributed by atoms with Gasteiger partial charge in [-0.2, -0.15) is 0 Å². The first-order chi connectivity index (χ1) is 7.90. The fourth-order valence-corrected chi connectivity index (χ4v) is 1.37. The van der Waals surface area contributed by atoms with E-state index in [0.29, 0.717) is 6.54 Å². The lowest BCUT2D eigenvalue weighted by molar-refractivity contribution is 0.0917. The maximum absolute atomic E-state index is 11.2. The van der Waals surface area contributed by atoms with Gasteiger partial charge in [0.25, 0.3) is 0 Å². The number of nitrogens with zero attached hydrogens (tertiary/aromatic N) is 1. The molecule has 3 N–H and O–H groups in total. The number of nitrogens with one attached hydrogen (secondary N) is 1. The van der Waals surface area contributed by atoms with Crippen molar-refractivity contribution in [3.05, 3.63) is 23.7 Å². The van der Waals surface area contributed by atoms with Crippen molar-refractivity contribution in [2.24, 2.45) is 5.84 Å². The quantitative estimate of drug-likeness (QED) is 0.464. The zero-order valence-electron chi connectivity index (χ0n) is 10.9. The van der Waals surface area contributed by atoms with E-state index in [4.69, 9.17) is 10.3 Å². The average molecular weight is 239 g/mol. The van der Waals surface area contributed by atoms with Crippen molar-refractivity contribution in [3.8, 4) is 0 Å². The zero-order valence-corrected chi connectivity index (χ0v) is 10.9. The first-order valence-electron chi connectivity index (χ1n) is 5.71. The standard InChI is InChI=1S/C12H21N3O2/c1-5-12(2,3)15(4)8-9-6-7-10(17-9)11(16)14-13/h6-7H,5,8,13H2,1-4H3,(H,14,16). The number of amides is 1. The fourth-order valence-electron chi connectivity index (χ4n) is 1.37. The predicted molar refractivity (Wildman–Crippen MR) is 66.2 cm³/mol. The van der Waals surface area contributed by atoms with Gasteiger partial charge in [0.1, 0.15) is 5.76 Å². The summed E-state index contributed by atoms with van der Waals surface area (Å²) in [5.41, 5.74) is 2.14. The van der Waals surface area contributed by atoms with Gasteiger partial charge in [0.15, 0.2) is 5.76 Å². The molecular weight excluding hydrogens is 218 g/mol. The summed E-state index contributed by atoms with van der Waals surface area (Å²) >= 11 is 0. The molecule has 1 aromatic rings. The normalized spacial score (nSPS) is 11.9. The number of hydrogen-bond acceptors (Lipinski definition) is 4. The molecule has 0 saturated heterocycles. The largest absolute Gasteiger partial charge is 0.455 e. The summed E-state index contributed by atoms with van der Waals surface area (Å²) in [7, 11) is 2.04. The van der Waals surface area contributed by atoms with Crippen molar-refractivity contribution in [3.63, 3.8) is 0 Å². The summed E-state index contributed by atoms with van der Waals surface area (Å²) in [6, 6.07) is 3.43. The van der Waals surface area contributed by atoms with Crippen LogP contribution in [-0.4, -0.2) is 23.4 Å². The molecule has 96 valence electrons. The fraction of sp³-hybridized carbons (Fsp3) is 0.583. The molecule has 0 aliphatic carbocycles. The highest BCUT2D eigenvalue weighted by Crippen LogP contribution is 2.20. The molecule has 0 aromatic carbocycles. The van der Waals surface area contributed by atoms with E-state index in [1.54, 1.807) is 12.1 Å². The van der Waals surface area contributed by atoms with Gasteiger partial charge in [0, 0.05) is 5.54 Å². The zero-order chi connectivity index (χ0) is 13.1. The highest BCUT2D eigenvalue weighted by Gasteiger charge is 2.22. The van der Waals surface area contributed by atoms with Crippen LogP contribution in [0.2, 0.25) is 0 Å². The van der Waals surface area contributed by atoms with Crippen LogP contribution in [0.3, 0.4) is 0 Å². The summed E-state index contributed by atoms with van der Waals surface area (Å²) in [4.78, 5) is 13.4. The van der Waals surface area contributed by atoms with Gasteiger partial charge in [-0.25, -0.2) is 5.84 Å². The number of furan rings is 1. The Hall–Kier alpha value is -1.33. The highest BCUT2D eigenvalue weighted by atomic mass is 16.4. The molecule has 1 amide bonds. The van der Waals surface area contributed by atoms with Crippen molar-refractivity contribution >= 4 is 5.91 Å². The second kappa shape index (κ2) is 5.33. The van der Waals surface area contributed by atoms with Crippen LogP contribution in [0, 0.1) is 0 Å². The Bertz CT molecular complexity index is 385. The molecule has 0 aliphatic rings. The third-order valence-corrected chi connectivity index (χ3v) is 3.31. The van der Waals surface area contributed by atoms with Crippen LogP contribution in [0.1, 0.15) is 43.5 Å². The van der Waals surface area contributed by atoms with Crippen LogP contribution < -0.4 is 11.3 Å². The first kappa shape index (κ1) is 13.7. The second-order valence-electron chi connectivity index (χ2n) is 4.76. The molecule has 17 heavy (non-hydrogen) atoms. The van der Waals surface area contributed by atoms with E-state index in [2.05, 4.69) is 25.7 Å². The van der Waals surface area contributed by atoms with E-state index in [9.17, 15) is 4.79 Å². The van der Waals surface area contributed by atoms with E-state index in [1.807, 2.05) is 12.5 Å². The number of rotatable bonds is 5. The van der Waals surface area contributed by atoms with Crippen molar-refractivity contribution < 1.29 is 9.21 Å². The van der Waals surface area contributed by atoms with Gasteiger partial charge in [-0.1, -0.05) is 6.92 Å². The predicted octanol–water partition coefficient (Wildman–Crippen LogP) is 1.50. The van der Waals surface area contributed by atoms with Gasteiger partial charge in [-0.05, 0) is 39.4 Å². The summed E-state index contributed by atoms with van der Waals surface area (Å²) in [5, 5.41) is 0. The van der Waals surface area contributed by atoms with Gasteiger partial charge in [0.05, 0.1) is 6.54 Å². The summed E-state index contributed by atoms with van der Waals surface area (Å²) < 4.78 is 5.41. The Morgan fingerprint density at radius 3 is 2.71 bits per heavy atom. The minimum atomic E-state index is -0.409. The molecule has 5 heteroatoms. The molecule has 0 atom stereocenters. The Morgan fingerprint density at radius 2 is 2.18 bits per heavy atom. The van der Waals surface area contributed by atoms with E-state index < -0.39 is 5.91 Å². The minimum absolute atomic E-state index is 0.100. The van der Waals surface area contributed by atoms with Gasteiger partial charge < -0.3 is 4.42 Å². The van der Waals surface area contributed by atoms with Crippen LogP contribution >= 0.6 is 0 Å². The molecule has 0 unspecified atom stereocenters. The van der Waals surface area contributed by atoms with Crippen molar-refractivity contribution in [2.75, 3.05) is 7.05 Å². The Balaban J connectivity index is 2.70.